The van der Waals surface area contributed by atoms with Gasteiger partial charge in [0.15, 0.2) is 0 Å². The van der Waals surface area contributed by atoms with Crippen molar-refractivity contribution >= 4 is 59.7 Å². The van der Waals surface area contributed by atoms with Crippen LogP contribution >= 0.6 is 48.4 Å². The number of hydrogen-bond acceptors (Lipinski definition) is 2. The van der Waals surface area contributed by atoms with E-state index in [1.165, 1.54) is 0 Å². The molecule has 18 heavy (non-hydrogen) atoms. The first-order valence-electron chi connectivity index (χ1n) is 4.77. The number of benzene rings is 2. The summed E-state index contributed by atoms with van der Waals surface area (Å²) in [5.74, 6) is 0. The molecule has 2 aromatic carbocycles. The molecule has 0 spiro atoms. The van der Waals surface area contributed by atoms with E-state index in [-0.39, 0.29) is 24.8 Å². The van der Waals surface area contributed by atoms with Gasteiger partial charge in [0, 0.05) is 34.9 Å². The maximum Gasteiger partial charge on any atom is 0.0492 e. The Kier molecular flexibility index (Phi) is 7.96. The summed E-state index contributed by atoms with van der Waals surface area (Å²) in [5.41, 5.74) is 4.03. The molecular formula is C12H12Cl4N2. The Morgan fingerprint density at radius 2 is 0.833 bits per heavy atom. The molecule has 2 nitrogen and oxygen atoms in total. The summed E-state index contributed by atoms with van der Waals surface area (Å²) in [6, 6.07) is 15.7. The van der Waals surface area contributed by atoms with E-state index in [1.54, 1.807) is 0 Å². The van der Waals surface area contributed by atoms with E-state index < -0.39 is 0 Å². The van der Waals surface area contributed by atoms with E-state index in [0.717, 1.165) is 22.5 Å². The highest BCUT2D eigenvalue weighted by Gasteiger charge is 1.97. The minimum absolute atomic E-state index is 0. The highest BCUT2D eigenvalue weighted by atomic mass is 35.5. The number of halogens is 4. The molecule has 0 aliphatic carbocycles. The quantitative estimate of drug-likeness (QED) is 0.745. The molecule has 6 heteroatoms. The Morgan fingerprint density at radius 3 is 1.06 bits per heavy atom. The smallest absolute Gasteiger partial charge is 0.0492 e. The predicted molar refractivity (Wildman–Crippen MR) is 85.3 cm³/mol. The first-order valence-corrected chi connectivity index (χ1v) is 5.53. The molecule has 0 atom stereocenters. The zero-order chi connectivity index (χ0) is 11.4. The van der Waals surface area contributed by atoms with Crippen LogP contribution in [-0.4, -0.2) is 0 Å². The van der Waals surface area contributed by atoms with Crippen molar-refractivity contribution in [2.24, 2.45) is 0 Å². The zero-order valence-electron chi connectivity index (χ0n) is 9.19. The van der Waals surface area contributed by atoms with Crippen molar-refractivity contribution in [3.05, 3.63) is 48.5 Å². The van der Waals surface area contributed by atoms with Crippen LogP contribution in [0.5, 0.6) is 0 Å². The van der Waals surface area contributed by atoms with Crippen molar-refractivity contribution in [3.8, 4) is 11.1 Å². The molecule has 0 aliphatic rings. The van der Waals surface area contributed by atoms with Gasteiger partial charge in [-0.05, 0) is 35.4 Å². The van der Waals surface area contributed by atoms with Crippen LogP contribution in [0.4, 0.5) is 11.4 Å². The first kappa shape index (κ1) is 17.2. The fourth-order valence-electron chi connectivity index (χ4n) is 1.45. The summed E-state index contributed by atoms with van der Waals surface area (Å²) in [4.78, 5) is 5.14. The normalized spacial score (nSPS) is 8.78. The van der Waals surface area contributed by atoms with Gasteiger partial charge in [0.1, 0.15) is 0 Å². The first-order chi connectivity index (χ1) is 7.83. The maximum absolute atomic E-state index is 5.49. The molecule has 0 bridgehead atoms. The van der Waals surface area contributed by atoms with Gasteiger partial charge in [0.05, 0.1) is 0 Å². The summed E-state index contributed by atoms with van der Waals surface area (Å²) in [7, 11) is 0. The van der Waals surface area contributed by atoms with Crippen molar-refractivity contribution in [3.63, 3.8) is 0 Å². The minimum atomic E-state index is 0. The van der Waals surface area contributed by atoms with Gasteiger partial charge < -0.3 is 0 Å². The topological polar surface area (TPSA) is 24.1 Å². The third-order valence-corrected chi connectivity index (χ3v) is 2.76. The van der Waals surface area contributed by atoms with Crippen LogP contribution in [0.1, 0.15) is 0 Å². The van der Waals surface area contributed by atoms with Gasteiger partial charge in [-0.15, -0.1) is 24.8 Å². The molecule has 0 heterocycles. The van der Waals surface area contributed by atoms with Crippen LogP contribution in [0, 0.1) is 0 Å². The molecule has 0 radical (unpaired) electrons. The third-order valence-electron chi connectivity index (χ3n) is 2.32. The molecule has 0 saturated heterocycles. The Balaban J connectivity index is 0.00000144. The van der Waals surface area contributed by atoms with Gasteiger partial charge in [0.2, 0.25) is 0 Å². The van der Waals surface area contributed by atoms with Crippen molar-refractivity contribution < 1.29 is 0 Å². The summed E-state index contributed by atoms with van der Waals surface area (Å²) >= 11 is 11.0. The molecule has 2 N–H and O–H groups in total. The molecule has 0 unspecified atom stereocenters. The molecule has 2 aromatic rings. The molecule has 0 aliphatic heterocycles. The Labute approximate surface area is 129 Å². The molecule has 0 fully saturated rings. The van der Waals surface area contributed by atoms with Crippen LogP contribution < -0.4 is 9.67 Å². The lowest BCUT2D eigenvalue weighted by Gasteiger charge is -2.04. The number of nitrogens with one attached hydrogen (secondary N) is 2. The SMILES string of the molecule is Cl.Cl.ClNc1ccc(-c2ccc(NCl)cc2)cc1. The minimum Gasteiger partial charge on any atom is -0.299 e. The third kappa shape index (κ3) is 4.14. The van der Waals surface area contributed by atoms with Crippen molar-refractivity contribution in [1.29, 1.82) is 0 Å². The maximum atomic E-state index is 5.49. The second kappa shape index (κ2) is 8.33. The largest absolute Gasteiger partial charge is 0.299 e. The molecule has 0 amide bonds. The summed E-state index contributed by atoms with van der Waals surface area (Å²) < 4.78 is 0. The molecular weight excluding hydrogens is 314 g/mol. The average molecular weight is 326 g/mol. The lowest BCUT2D eigenvalue weighted by molar-refractivity contribution is 1.60. The van der Waals surface area contributed by atoms with E-state index in [2.05, 4.69) is 9.67 Å². The van der Waals surface area contributed by atoms with E-state index in [1.807, 2.05) is 48.5 Å². The molecule has 2 rings (SSSR count). The van der Waals surface area contributed by atoms with Gasteiger partial charge in [-0.2, -0.15) is 0 Å². The summed E-state index contributed by atoms with van der Waals surface area (Å²) in [5, 5.41) is 0. The van der Waals surface area contributed by atoms with Crippen LogP contribution in [0.2, 0.25) is 0 Å². The van der Waals surface area contributed by atoms with Crippen LogP contribution in [0.15, 0.2) is 48.5 Å². The lowest BCUT2D eigenvalue weighted by atomic mass is 10.1. The molecule has 0 aromatic heterocycles. The highest BCUT2D eigenvalue weighted by molar-refractivity contribution is 6.24. The van der Waals surface area contributed by atoms with Crippen LogP contribution in [0.3, 0.4) is 0 Å². The van der Waals surface area contributed by atoms with Crippen LogP contribution in [-0.2, 0) is 0 Å². The fraction of sp³-hybridized carbons (Fsp3) is 0. The summed E-state index contributed by atoms with van der Waals surface area (Å²) in [6.45, 7) is 0. The monoisotopic (exact) mass is 324 g/mol. The molecule has 0 saturated carbocycles. The van der Waals surface area contributed by atoms with E-state index in [4.69, 9.17) is 23.6 Å². The van der Waals surface area contributed by atoms with E-state index in [9.17, 15) is 0 Å². The molecule has 98 valence electrons. The average Bonchev–Trinajstić information content (AvgIpc) is 2.39. The lowest BCUT2D eigenvalue weighted by Crippen LogP contribution is -1.83. The van der Waals surface area contributed by atoms with Crippen molar-refractivity contribution in [2.45, 2.75) is 0 Å². The Morgan fingerprint density at radius 1 is 0.556 bits per heavy atom. The Bertz CT molecular complexity index is 411. The second-order valence-electron chi connectivity index (χ2n) is 3.34. The van der Waals surface area contributed by atoms with E-state index in [0.29, 0.717) is 0 Å². The number of rotatable bonds is 3. The second-order valence-corrected chi connectivity index (χ2v) is 3.72. The van der Waals surface area contributed by atoms with E-state index >= 15 is 0 Å². The van der Waals surface area contributed by atoms with Crippen molar-refractivity contribution in [1.82, 2.24) is 0 Å². The van der Waals surface area contributed by atoms with Crippen molar-refractivity contribution in [2.75, 3.05) is 9.67 Å². The highest BCUT2D eigenvalue weighted by Crippen LogP contribution is 2.23. The van der Waals surface area contributed by atoms with Crippen LogP contribution in [0.25, 0.3) is 11.1 Å². The zero-order valence-corrected chi connectivity index (χ0v) is 12.3. The standard InChI is InChI=1S/C12H10Cl2N2.2ClH/c13-15-11-5-1-9(2-6-11)10-3-7-12(16-14)8-4-10;;/h1-8,15-16H;2*1H. The van der Waals surface area contributed by atoms with Gasteiger partial charge in [0.25, 0.3) is 0 Å². The van der Waals surface area contributed by atoms with Gasteiger partial charge in [-0.3, -0.25) is 9.67 Å². The Hall–Kier alpha value is -0.800. The van der Waals surface area contributed by atoms with Gasteiger partial charge in [-0.25, -0.2) is 0 Å². The predicted octanol–water partition coefficient (Wildman–Crippen LogP) is 5.33. The number of anilines is 2. The van der Waals surface area contributed by atoms with Gasteiger partial charge in [-0.1, -0.05) is 24.3 Å². The summed E-state index contributed by atoms with van der Waals surface area (Å²) in [6.07, 6.45) is 0. The number of hydrogen-bond donors (Lipinski definition) is 2. The fourth-order valence-corrected chi connectivity index (χ4v) is 1.70. The van der Waals surface area contributed by atoms with Gasteiger partial charge >= 0.3 is 0 Å².